The van der Waals surface area contributed by atoms with Crippen LogP contribution in [0.1, 0.15) is 10.4 Å². The summed E-state index contributed by atoms with van der Waals surface area (Å²) in [5.74, 6) is -1.46. The molecule has 112 valence electrons. The molecule has 0 atom stereocenters. The number of carboxylic acid groups (broad SMARTS) is 1. The normalized spacial score (nSPS) is 11.0. The molecule has 0 fully saturated rings. The van der Waals surface area contributed by atoms with Gasteiger partial charge in [-0.3, -0.25) is 0 Å². The lowest BCUT2D eigenvalue weighted by Gasteiger charge is -2.12. The molecule has 0 spiro atoms. The molecule has 0 saturated carbocycles. The summed E-state index contributed by atoms with van der Waals surface area (Å²) >= 11 is 0. The summed E-state index contributed by atoms with van der Waals surface area (Å²) in [5.41, 5.74) is -1.29. The Hall–Kier alpha value is -3.09. The molecule has 22 heavy (non-hydrogen) atoms. The van der Waals surface area contributed by atoms with Crippen molar-refractivity contribution in [1.29, 1.82) is 0 Å². The van der Waals surface area contributed by atoms with Crippen LogP contribution in [-0.2, 0) is 0 Å². The molecule has 0 aliphatic carbocycles. The van der Waals surface area contributed by atoms with Crippen molar-refractivity contribution in [1.82, 2.24) is 0 Å². The van der Waals surface area contributed by atoms with Crippen molar-refractivity contribution in [2.45, 2.75) is 0 Å². The van der Waals surface area contributed by atoms with Crippen LogP contribution in [0.25, 0.3) is 21.9 Å². The van der Waals surface area contributed by atoms with Crippen LogP contribution >= 0.6 is 0 Å². The summed E-state index contributed by atoms with van der Waals surface area (Å²) in [7, 11) is 3.67. The van der Waals surface area contributed by atoms with Gasteiger partial charge in [0.1, 0.15) is 16.5 Å². The first kappa shape index (κ1) is 13.9. The molecular formula is C15H11NO6. The molecule has 0 aliphatic rings. The van der Waals surface area contributed by atoms with Crippen LogP contribution in [0, 0.1) is 0 Å². The van der Waals surface area contributed by atoms with Crippen LogP contribution in [0.5, 0.6) is 0 Å². The van der Waals surface area contributed by atoms with Crippen molar-refractivity contribution in [3.63, 3.8) is 0 Å². The fraction of sp³-hybridized carbons (Fsp3) is 0.133. The van der Waals surface area contributed by atoms with E-state index >= 15 is 0 Å². The second kappa shape index (κ2) is 4.73. The minimum Gasteiger partial charge on any atom is -0.477 e. The first-order chi connectivity index (χ1) is 10.4. The number of rotatable bonds is 2. The molecule has 0 unspecified atom stereocenters. The Kier molecular flexibility index (Phi) is 2.98. The van der Waals surface area contributed by atoms with Gasteiger partial charge in [-0.2, -0.15) is 0 Å². The fourth-order valence-corrected chi connectivity index (χ4v) is 2.19. The van der Waals surface area contributed by atoms with E-state index in [9.17, 15) is 14.4 Å². The van der Waals surface area contributed by atoms with E-state index in [1.165, 1.54) is 0 Å². The number of hydrogen-bond acceptors (Lipinski definition) is 6. The zero-order valence-electron chi connectivity index (χ0n) is 11.7. The maximum atomic E-state index is 12.0. The van der Waals surface area contributed by atoms with Gasteiger partial charge in [-0.15, -0.1) is 0 Å². The summed E-state index contributed by atoms with van der Waals surface area (Å²) in [6.07, 6.45) is 0. The Morgan fingerprint density at radius 1 is 1.05 bits per heavy atom. The molecule has 1 N–H and O–H groups in total. The van der Waals surface area contributed by atoms with Crippen LogP contribution < -0.4 is 16.2 Å². The lowest BCUT2D eigenvalue weighted by atomic mass is 10.1. The average Bonchev–Trinajstić information content (AvgIpc) is 2.45. The number of carboxylic acids is 1. The summed E-state index contributed by atoms with van der Waals surface area (Å²) in [6.45, 7) is 0. The molecule has 2 heterocycles. The van der Waals surface area contributed by atoms with Gasteiger partial charge >= 0.3 is 17.2 Å². The molecule has 3 rings (SSSR count). The number of nitrogens with zero attached hydrogens (tertiary/aromatic N) is 1. The van der Waals surface area contributed by atoms with Gasteiger partial charge in [-0.05, 0) is 18.2 Å². The SMILES string of the molecule is CN(C)c1ccc2c(c1)oc(=O)c1cc(C(=O)O)c(=O)oc12. The number of hydrogen-bond donors (Lipinski definition) is 1. The zero-order chi connectivity index (χ0) is 16.0. The zero-order valence-corrected chi connectivity index (χ0v) is 11.7. The summed E-state index contributed by atoms with van der Waals surface area (Å²) < 4.78 is 10.2. The number of aromatic carboxylic acids is 1. The predicted octanol–water partition coefficient (Wildman–Crippen LogP) is 1.66. The Morgan fingerprint density at radius 2 is 1.77 bits per heavy atom. The van der Waals surface area contributed by atoms with E-state index in [1.54, 1.807) is 18.2 Å². The third-order valence-electron chi connectivity index (χ3n) is 3.33. The third kappa shape index (κ3) is 2.03. The van der Waals surface area contributed by atoms with Gasteiger partial charge in [-0.25, -0.2) is 14.4 Å². The molecule has 0 bridgehead atoms. The fourth-order valence-electron chi connectivity index (χ4n) is 2.19. The molecule has 7 heteroatoms. The van der Waals surface area contributed by atoms with E-state index in [2.05, 4.69) is 0 Å². The molecule has 0 saturated heterocycles. The monoisotopic (exact) mass is 301 g/mol. The Balaban J connectivity index is 2.46. The highest BCUT2D eigenvalue weighted by molar-refractivity contribution is 6.02. The minimum absolute atomic E-state index is 0.0200. The topological polar surface area (TPSA) is 101 Å². The quantitative estimate of drug-likeness (QED) is 0.567. The smallest absolute Gasteiger partial charge is 0.351 e. The molecule has 0 amide bonds. The first-order valence-electron chi connectivity index (χ1n) is 6.34. The highest BCUT2D eigenvalue weighted by atomic mass is 16.4. The van der Waals surface area contributed by atoms with Crippen molar-refractivity contribution < 1.29 is 18.7 Å². The molecule has 1 aromatic carbocycles. The maximum absolute atomic E-state index is 12.0. The summed E-state index contributed by atoms with van der Waals surface area (Å²) in [4.78, 5) is 36.5. The second-order valence-electron chi connectivity index (χ2n) is 4.96. The standard InChI is InChI=1S/C15H11NO6/c1-16(2)7-3-4-8-11(5-7)21-14(19)9-6-10(13(17)18)15(20)22-12(8)9/h3-6H,1-2H3,(H,17,18). The van der Waals surface area contributed by atoms with Crippen molar-refractivity contribution in [2.75, 3.05) is 19.0 Å². The highest BCUT2D eigenvalue weighted by Gasteiger charge is 2.17. The van der Waals surface area contributed by atoms with Gasteiger partial charge in [0.05, 0.1) is 5.39 Å². The van der Waals surface area contributed by atoms with Crippen LogP contribution in [0.15, 0.2) is 42.7 Å². The third-order valence-corrected chi connectivity index (χ3v) is 3.33. The highest BCUT2D eigenvalue weighted by Crippen LogP contribution is 2.25. The molecule has 0 aliphatic heterocycles. The molecular weight excluding hydrogens is 290 g/mol. The van der Waals surface area contributed by atoms with Gasteiger partial charge in [0.25, 0.3) is 0 Å². The number of anilines is 1. The lowest BCUT2D eigenvalue weighted by molar-refractivity contribution is 0.0692. The number of carbonyl (C=O) groups is 1. The lowest BCUT2D eigenvalue weighted by Crippen LogP contribution is -2.15. The van der Waals surface area contributed by atoms with E-state index in [-0.39, 0.29) is 16.6 Å². The van der Waals surface area contributed by atoms with Crippen LogP contribution in [0.2, 0.25) is 0 Å². The number of fused-ring (bicyclic) bond motifs is 3. The van der Waals surface area contributed by atoms with E-state index in [1.807, 2.05) is 19.0 Å². The van der Waals surface area contributed by atoms with Gasteiger partial charge in [0, 0.05) is 25.8 Å². The van der Waals surface area contributed by atoms with E-state index in [0.717, 1.165) is 11.8 Å². The Bertz CT molecular complexity index is 1030. The van der Waals surface area contributed by atoms with E-state index in [0.29, 0.717) is 5.39 Å². The Labute approximate surface area is 123 Å². The molecule has 0 radical (unpaired) electrons. The summed E-state index contributed by atoms with van der Waals surface area (Å²) in [6, 6.07) is 6.04. The second-order valence-corrected chi connectivity index (χ2v) is 4.96. The molecule has 7 nitrogen and oxygen atoms in total. The van der Waals surface area contributed by atoms with Crippen LogP contribution in [0.3, 0.4) is 0 Å². The minimum atomic E-state index is -1.46. The summed E-state index contributed by atoms with van der Waals surface area (Å²) in [5, 5.41) is 9.27. The molecule has 2 aromatic heterocycles. The van der Waals surface area contributed by atoms with Crippen molar-refractivity contribution in [2.24, 2.45) is 0 Å². The van der Waals surface area contributed by atoms with Crippen LogP contribution in [-0.4, -0.2) is 25.2 Å². The van der Waals surface area contributed by atoms with Gasteiger partial charge in [0.2, 0.25) is 0 Å². The Morgan fingerprint density at radius 3 is 2.41 bits per heavy atom. The largest absolute Gasteiger partial charge is 0.477 e. The van der Waals surface area contributed by atoms with E-state index < -0.39 is 22.8 Å². The van der Waals surface area contributed by atoms with Crippen molar-refractivity contribution >= 4 is 33.6 Å². The molecule has 3 aromatic rings. The van der Waals surface area contributed by atoms with Crippen molar-refractivity contribution in [3.05, 3.63) is 50.7 Å². The first-order valence-corrected chi connectivity index (χ1v) is 6.34. The van der Waals surface area contributed by atoms with Crippen molar-refractivity contribution in [3.8, 4) is 0 Å². The van der Waals surface area contributed by atoms with Crippen LogP contribution in [0.4, 0.5) is 5.69 Å². The van der Waals surface area contributed by atoms with Gasteiger partial charge in [0.15, 0.2) is 5.58 Å². The predicted molar refractivity (Wildman–Crippen MR) is 79.8 cm³/mol. The van der Waals surface area contributed by atoms with Gasteiger partial charge in [-0.1, -0.05) is 0 Å². The van der Waals surface area contributed by atoms with Gasteiger partial charge < -0.3 is 18.8 Å². The van der Waals surface area contributed by atoms with E-state index in [4.69, 9.17) is 13.9 Å². The number of benzene rings is 1. The maximum Gasteiger partial charge on any atom is 0.351 e. The average molecular weight is 301 g/mol.